The first-order chi connectivity index (χ1) is 12.0. The molecule has 0 saturated carbocycles. The summed E-state index contributed by atoms with van der Waals surface area (Å²) in [6.07, 6.45) is 2.91. The Bertz CT molecular complexity index is 568. The number of carbonyl (C=O) groups excluding carboxylic acids is 2. The molecule has 0 saturated heterocycles. The predicted molar refractivity (Wildman–Crippen MR) is 94.4 cm³/mol. The number of hydrogen-bond donors (Lipinski definition) is 1. The molecule has 0 aliphatic heterocycles. The Morgan fingerprint density at radius 2 is 1.36 bits per heavy atom. The number of carbonyl (C=O) groups is 2. The summed E-state index contributed by atoms with van der Waals surface area (Å²) in [6.45, 7) is 7.36. The van der Waals surface area contributed by atoms with Crippen LogP contribution in [0, 0.1) is 17.8 Å². The molecule has 0 aliphatic carbocycles. The third kappa shape index (κ3) is 8.92. The van der Waals surface area contributed by atoms with Crippen molar-refractivity contribution in [3.8, 4) is 0 Å². The Hall–Kier alpha value is 0.850. The second kappa shape index (κ2) is 15.6. The quantitative estimate of drug-likeness (QED) is 0.212. The van der Waals surface area contributed by atoms with Gasteiger partial charge < -0.3 is 19.8 Å². The maximum atomic E-state index is 12.2. The zero-order valence-electron chi connectivity index (χ0n) is 18.2. The fourth-order valence-electron chi connectivity index (χ4n) is 3.75. The molecule has 0 aromatic heterocycles. The smallest absolute Gasteiger partial charge is 0.550 e. The fraction of sp³-hybridized carbons (Fsp3) is 0.889. The van der Waals surface area contributed by atoms with E-state index >= 15 is 0 Å². The maximum absolute atomic E-state index is 12.2. The maximum Gasteiger partial charge on any atom is 1.00 e. The van der Waals surface area contributed by atoms with Crippen molar-refractivity contribution in [3.05, 3.63) is 0 Å². The SMILES string of the molecule is CCCC(CC)CC(C(=O)[O-])C(CC(CC)CCC)(C(=O)[O-])S(=O)(=O)O.[Na+].[Na+]. The number of aliphatic carboxylic acids is 2. The van der Waals surface area contributed by atoms with E-state index in [1.807, 2.05) is 20.8 Å². The molecule has 154 valence electrons. The number of rotatable bonds is 14. The zero-order valence-corrected chi connectivity index (χ0v) is 23.0. The summed E-state index contributed by atoms with van der Waals surface area (Å²) in [7, 11) is -5.25. The van der Waals surface area contributed by atoms with Gasteiger partial charge in [-0.15, -0.1) is 0 Å². The van der Waals surface area contributed by atoms with Crippen LogP contribution in [0.4, 0.5) is 0 Å². The zero-order chi connectivity index (χ0) is 20.5. The topological polar surface area (TPSA) is 135 Å². The van der Waals surface area contributed by atoms with E-state index in [1.54, 1.807) is 6.92 Å². The fourth-order valence-corrected chi connectivity index (χ4v) is 4.96. The first-order valence-electron chi connectivity index (χ1n) is 9.40. The van der Waals surface area contributed by atoms with Gasteiger partial charge in [0, 0.05) is 11.9 Å². The molecule has 0 fully saturated rings. The van der Waals surface area contributed by atoms with Crippen LogP contribution < -0.4 is 69.3 Å². The van der Waals surface area contributed by atoms with Crippen molar-refractivity contribution in [1.82, 2.24) is 0 Å². The molecule has 0 aromatic carbocycles. The summed E-state index contributed by atoms with van der Waals surface area (Å²) in [5.74, 6) is -6.28. The van der Waals surface area contributed by atoms with Crippen molar-refractivity contribution < 1.29 is 91.9 Å². The second-order valence-electron chi connectivity index (χ2n) is 7.09. The van der Waals surface area contributed by atoms with Gasteiger partial charge in [0.1, 0.15) is 4.75 Å². The number of carboxylic acids is 2. The molecule has 0 bridgehead atoms. The van der Waals surface area contributed by atoms with E-state index in [2.05, 4.69) is 0 Å². The van der Waals surface area contributed by atoms with Gasteiger partial charge in [-0.25, -0.2) is 0 Å². The van der Waals surface area contributed by atoms with Crippen molar-refractivity contribution in [2.45, 2.75) is 83.8 Å². The van der Waals surface area contributed by atoms with Crippen molar-refractivity contribution in [2.24, 2.45) is 17.8 Å². The minimum absolute atomic E-state index is 0. The molecule has 4 unspecified atom stereocenters. The third-order valence-electron chi connectivity index (χ3n) is 5.36. The van der Waals surface area contributed by atoms with Gasteiger partial charge in [0.15, 0.2) is 0 Å². The molecule has 0 heterocycles. The Labute approximate surface area is 213 Å². The van der Waals surface area contributed by atoms with Crippen LogP contribution in [0.15, 0.2) is 0 Å². The van der Waals surface area contributed by atoms with Crippen molar-refractivity contribution in [2.75, 3.05) is 0 Å². The molecule has 0 spiro atoms. The van der Waals surface area contributed by atoms with Crippen LogP contribution in [-0.4, -0.2) is 29.7 Å². The van der Waals surface area contributed by atoms with Crippen LogP contribution in [0.25, 0.3) is 0 Å². The molecule has 0 amide bonds. The summed E-state index contributed by atoms with van der Waals surface area (Å²) in [5.41, 5.74) is 0. The standard InChI is InChI=1S/C18H34O7S.2Na/c1-5-9-13(7-3)11-15(16(19)20)18(17(21)22,26(23,24)25)12-14(8-4)10-6-2;;/h13-15H,5-12H2,1-4H3,(H,19,20)(H,21,22)(H,23,24,25);;/q;2*+1/p-2. The van der Waals surface area contributed by atoms with Crippen LogP contribution in [0.5, 0.6) is 0 Å². The van der Waals surface area contributed by atoms with Crippen LogP contribution in [-0.2, 0) is 19.7 Å². The minimum atomic E-state index is -5.25. The third-order valence-corrected chi connectivity index (χ3v) is 6.90. The van der Waals surface area contributed by atoms with E-state index in [-0.39, 0.29) is 77.4 Å². The van der Waals surface area contributed by atoms with Crippen molar-refractivity contribution >= 4 is 22.1 Å². The summed E-state index contributed by atoms with van der Waals surface area (Å²) in [5, 5.41) is 23.8. The normalized spacial score (nSPS) is 16.6. The Morgan fingerprint density at radius 1 is 0.929 bits per heavy atom. The predicted octanol–water partition coefficient (Wildman–Crippen LogP) is -4.83. The molecule has 0 aliphatic rings. The van der Waals surface area contributed by atoms with E-state index in [1.165, 1.54) is 0 Å². The van der Waals surface area contributed by atoms with Gasteiger partial charge in [-0.1, -0.05) is 66.2 Å². The molecule has 10 heteroatoms. The molecule has 0 rings (SSSR count). The summed E-state index contributed by atoms with van der Waals surface area (Å²) < 4.78 is 31.2. The minimum Gasteiger partial charge on any atom is -0.550 e. The van der Waals surface area contributed by atoms with Gasteiger partial charge in [-0.2, -0.15) is 8.42 Å². The van der Waals surface area contributed by atoms with Crippen LogP contribution in [0.1, 0.15) is 79.1 Å². The monoisotopic (exact) mass is 438 g/mol. The van der Waals surface area contributed by atoms with Gasteiger partial charge >= 0.3 is 59.1 Å². The van der Waals surface area contributed by atoms with Crippen LogP contribution in [0.3, 0.4) is 0 Å². The summed E-state index contributed by atoms with van der Waals surface area (Å²) in [4.78, 5) is 23.8. The molecule has 1 N–H and O–H groups in total. The van der Waals surface area contributed by atoms with Crippen molar-refractivity contribution in [1.29, 1.82) is 0 Å². The van der Waals surface area contributed by atoms with Gasteiger partial charge in [0.05, 0.1) is 5.97 Å². The van der Waals surface area contributed by atoms with Gasteiger partial charge in [0.25, 0.3) is 10.1 Å². The number of hydrogen-bond acceptors (Lipinski definition) is 6. The molecule has 4 atom stereocenters. The van der Waals surface area contributed by atoms with Gasteiger partial charge in [0.2, 0.25) is 0 Å². The van der Waals surface area contributed by atoms with Crippen LogP contribution >= 0.6 is 0 Å². The molecule has 0 radical (unpaired) electrons. The van der Waals surface area contributed by atoms with Gasteiger partial charge in [-0.3, -0.25) is 4.55 Å². The van der Waals surface area contributed by atoms with Crippen molar-refractivity contribution in [3.63, 3.8) is 0 Å². The Morgan fingerprint density at radius 3 is 1.64 bits per heavy atom. The average molecular weight is 438 g/mol. The van der Waals surface area contributed by atoms with E-state index in [0.29, 0.717) is 32.1 Å². The largest absolute Gasteiger partial charge is 1.00 e. The Balaban J connectivity index is -0.00000312. The second-order valence-corrected chi connectivity index (χ2v) is 8.77. The number of carboxylic acid groups (broad SMARTS) is 2. The van der Waals surface area contributed by atoms with E-state index in [0.717, 1.165) is 6.42 Å². The molecule has 7 nitrogen and oxygen atoms in total. The summed E-state index contributed by atoms with van der Waals surface area (Å²) in [6, 6.07) is 0. The van der Waals surface area contributed by atoms with E-state index in [4.69, 9.17) is 0 Å². The molecule has 28 heavy (non-hydrogen) atoms. The first-order valence-corrected chi connectivity index (χ1v) is 10.8. The van der Waals surface area contributed by atoms with Crippen LogP contribution in [0.2, 0.25) is 0 Å². The first kappa shape index (κ1) is 33.5. The molecular weight excluding hydrogens is 406 g/mol. The Kier molecular flexibility index (Phi) is 18.7. The average Bonchev–Trinajstić information content (AvgIpc) is 2.54. The summed E-state index contributed by atoms with van der Waals surface area (Å²) >= 11 is 0. The molecule has 0 aromatic rings. The molecular formula is C18H32Na2O7S. The van der Waals surface area contributed by atoms with Gasteiger partial charge in [-0.05, 0) is 24.7 Å². The van der Waals surface area contributed by atoms with E-state index < -0.39 is 39.1 Å². The van der Waals surface area contributed by atoms with E-state index in [9.17, 15) is 32.8 Å².